The fourth-order valence-electron chi connectivity index (χ4n) is 3.60. The molecule has 1 aromatic heterocycles. The lowest BCUT2D eigenvalue weighted by Crippen LogP contribution is -2.42. The molecular weight excluding hydrogens is 332 g/mol. The van der Waals surface area contributed by atoms with Gasteiger partial charge in [-0.2, -0.15) is 0 Å². The van der Waals surface area contributed by atoms with Crippen molar-refractivity contribution in [1.82, 2.24) is 14.9 Å². The quantitative estimate of drug-likeness (QED) is 0.845. The van der Waals surface area contributed by atoms with Crippen molar-refractivity contribution in [2.45, 2.75) is 25.4 Å². The first-order chi connectivity index (χ1) is 12.8. The Labute approximate surface area is 152 Å². The van der Waals surface area contributed by atoms with Crippen LogP contribution < -0.4 is 10.1 Å². The van der Waals surface area contributed by atoms with Crippen molar-refractivity contribution in [3.05, 3.63) is 47.4 Å². The highest BCUT2D eigenvalue weighted by atomic mass is 16.5. The van der Waals surface area contributed by atoms with Crippen molar-refractivity contribution < 1.29 is 14.6 Å². The number of aliphatic hydroxyl groups is 1. The molecule has 7 heteroatoms. The molecule has 2 aromatic rings. The average molecular weight is 354 g/mol. The minimum Gasteiger partial charge on any atom is -0.480 e. The van der Waals surface area contributed by atoms with Crippen molar-refractivity contribution in [1.29, 1.82) is 0 Å². The van der Waals surface area contributed by atoms with E-state index < -0.39 is 6.10 Å². The zero-order chi connectivity index (χ0) is 17.9. The first-order valence-corrected chi connectivity index (χ1v) is 8.97. The summed E-state index contributed by atoms with van der Waals surface area (Å²) in [6, 6.07) is 7.82. The Morgan fingerprint density at radius 3 is 2.96 bits per heavy atom. The van der Waals surface area contributed by atoms with Crippen LogP contribution in [0.2, 0.25) is 0 Å². The Balaban J connectivity index is 1.45. The number of carbonyl (C=O) groups is 1. The Bertz CT molecular complexity index is 786. The third kappa shape index (κ3) is 3.22. The van der Waals surface area contributed by atoms with Gasteiger partial charge in [-0.25, -0.2) is 9.97 Å². The van der Waals surface area contributed by atoms with Crippen LogP contribution in [0.4, 0.5) is 5.82 Å². The molecule has 0 fully saturated rings. The van der Waals surface area contributed by atoms with Gasteiger partial charge in [-0.3, -0.25) is 4.79 Å². The summed E-state index contributed by atoms with van der Waals surface area (Å²) in [5, 5.41) is 12.2. The Morgan fingerprint density at radius 1 is 1.27 bits per heavy atom. The monoisotopic (exact) mass is 354 g/mol. The highest BCUT2D eigenvalue weighted by Gasteiger charge is 2.33. The summed E-state index contributed by atoms with van der Waals surface area (Å²) in [5.41, 5.74) is 3.09. The highest BCUT2D eigenvalue weighted by molar-refractivity contribution is 5.82. The molecule has 2 aliphatic heterocycles. The number of anilines is 1. The topological polar surface area (TPSA) is 87.6 Å². The Hall–Kier alpha value is -2.67. The molecule has 1 amide bonds. The van der Waals surface area contributed by atoms with Crippen LogP contribution in [-0.2, 0) is 24.1 Å². The van der Waals surface area contributed by atoms with E-state index >= 15 is 0 Å². The Kier molecular flexibility index (Phi) is 4.71. The maximum absolute atomic E-state index is 12.9. The first kappa shape index (κ1) is 16.8. The number of benzene rings is 1. The van der Waals surface area contributed by atoms with Crippen molar-refractivity contribution in [3.8, 4) is 5.75 Å². The standard InChI is InChI=1S/C19H22N4O3/c24-10-7-20-18-14-5-8-23(9-6-15(14)21-12-22-18)19(25)17-11-13-3-1-2-4-16(13)26-17/h1-4,12,17,24H,5-11H2,(H,20,21,22)/t17-/m0/s1. The molecule has 2 aliphatic rings. The maximum atomic E-state index is 12.9. The number of ether oxygens (including phenoxy) is 1. The molecule has 7 nitrogen and oxygen atoms in total. The fourth-order valence-corrected chi connectivity index (χ4v) is 3.60. The van der Waals surface area contributed by atoms with Gasteiger partial charge in [0, 0.05) is 38.0 Å². The SMILES string of the molecule is O=C([C@@H]1Cc2ccccc2O1)N1CCc2ncnc(NCCO)c2CC1. The lowest BCUT2D eigenvalue weighted by Gasteiger charge is -2.23. The predicted octanol–water partition coefficient (Wildman–Crippen LogP) is 0.812. The molecular formula is C19H22N4O3. The van der Waals surface area contributed by atoms with Gasteiger partial charge in [-0.05, 0) is 18.1 Å². The van der Waals surface area contributed by atoms with Crippen molar-refractivity contribution in [3.63, 3.8) is 0 Å². The third-order valence-electron chi connectivity index (χ3n) is 4.92. The van der Waals surface area contributed by atoms with E-state index in [1.54, 1.807) is 0 Å². The van der Waals surface area contributed by atoms with Gasteiger partial charge in [0.2, 0.25) is 0 Å². The van der Waals surface area contributed by atoms with E-state index in [4.69, 9.17) is 9.84 Å². The number of fused-ring (bicyclic) bond motifs is 2. The molecule has 0 bridgehead atoms. The molecule has 0 spiro atoms. The van der Waals surface area contributed by atoms with E-state index in [1.165, 1.54) is 6.33 Å². The molecule has 0 aliphatic carbocycles. The normalized spacial score (nSPS) is 18.5. The average Bonchev–Trinajstić information content (AvgIpc) is 2.98. The largest absolute Gasteiger partial charge is 0.480 e. The lowest BCUT2D eigenvalue weighted by atomic mass is 10.1. The minimum absolute atomic E-state index is 0.0341. The molecule has 3 heterocycles. The molecule has 136 valence electrons. The zero-order valence-corrected chi connectivity index (χ0v) is 14.5. The van der Waals surface area contributed by atoms with Crippen LogP contribution in [0, 0.1) is 0 Å². The van der Waals surface area contributed by atoms with Gasteiger partial charge in [-0.1, -0.05) is 18.2 Å². The molecule has 0 saturated carbocycles. The summed E-state index contributed by atoms with van der Waals surface area (Å²) >= 11 is 0. The van der Waals surface area contributed by atoms with Crippen LogP contribution in [0.25, 0.3) is 0 Å². The number of aromatic nitrogens is 2. The maximum Gasteiger partial charge on any atom is 0.264 e. The van der Waals surface area contributed by atoms with E-state index in [1.807, 2.05) is 29.2 Å². The van der Waals surface area contributed by atoms with E-state index in [0.717, 1.165) is 28.4 Å². The highest BCUT2D eigenvalue weighted by Crippen LogP contribution is 2.29. The lowest BCUT2D eigenvalue weighted by molar-refractivity contribution is -0.137. The van der Waals surface area contributed by atoms with Gasteiger partial charge in [-0.15, -0.1) is 0 Å². The molecule has 0 unspecified atom stereocenters. The summed E-state index contributed by atoms with van der Waals surface area (Å²) in [6.07, 6.45) is 3.10. The molecule has 26 heavy (non-hydrogen) atoms. The van der Waals surface area contributed by atoms with Crippen LogP contribution in [-0.4, -0.2) is 58.2 Å². The van der Waals surface area contributed by atoms with Gasteiger partial charge in [0.15, 0.2) is 6.10 Å². The van der Waals surface area contributed by atoms with Crippen LogP contribution in [0.3, 0.4) is 0 Å². The number of amides is 1. The zero-order valence-electron chi connectivity index (χ0n) is 14.5. The molecule has 1 atom stereocenters. The summed E-state index contributed by atoms with van der Waals surface area (Å²) in [5.74, 6) is 1.60. The van der Waals surface area contributed by atoms with E-state index in [-0.39, 0.29) is 12.5 Å². The number of rotatable bonds is 4. The second kappa shape index (κ2) is 7.29. The summed E-state index contributed by atoms with van der Waals surface area (Å²) < 4.78 is 5.86. The first-order valence-electron chi connectivity index (χ1n) is 8.97. The van der Waals surface area contributed by atoms with Gasteiger partial charge < -0.3 is 20.1 Å². The van der Waals surface area contributed by atoms with Gasteiger partial charge in [0.1, 0.15) is 17.9 Å². The number of carbonyl (C=O) groups excluding carboxylic acids is 1. The number of nitrogens with zero attached hydrogens (tertiary/aromatic N) is 3. The van der Waals surface area contributed by atoms with Crippen LogP contribution in [0.5, 0.6) is 5.75 Å². The van der Waals surface area contributed by atoms with Crippen LogP contribution in [0.1, 0.15) is 16.8 Å². The summed E-state index contributed by atoms with van der Waals surface area (Å²) in [4.78, 5) is 23.5. The van der Waals surface area contributed by atoms with Crippen molar-refractivity contribution in [2.75, 3.05) is 31.6 Å². The summed E-state index contributed by atoms with van der Waals surface area (Å²) in [6.45, 7) is 1.73. The molecule has 4 rings (SSSR count). The molecule has 2 N–H and O–H groups in total. The van der Waals surface area contributed by atoms with Crippen LogP contribution >= 0.6 is 0 Å². The third-order valence-corrected chi connectivity index (χ3v) is 4.92. The van der Waals surface area contributed by atoms with E-state index in [2.05, 4.69) is 15.3 Å². The number of hydrogen-bond donors (Lipinski definition) is 2. The second-order valence-electron chi connectivity index (χ2n) is 6.54. The second-order valence-corrected chi connectivity index (χ2v) is 6.54. The van der Waals surface area contributed by atoms with Gasteiger partial charge in [0.25, 0.3) is 5.91 Å². The number of hydrogen-bond acceptors (Lipinski definition) is 6. The number of aliphatic hydroxyl groups excluding tert-OH is 1. The van der Waals surface area contributed by atoms with Crippen LogP contribution in [0.15, 0.2) is 30.6 Å². The molecule has 1 aromatic carbocycles. The minimum atomic E-state index is -0.438. The number of nitrogens with one attached hydrogen (secondary N) is 1. The molecule has 0 radical (unpaired) electrons. The van der Waals surface area contributed by atoms with Gasteiger partial charge >= 0.3 is 0 Å². The van der Waals surface area contributed by atoms with Gasteiger partial charge in [0.05, 0.1) is 12.3 Å². The van der Waals surface area contributed by atoms with E-state index in [0.29, 0.717) is 38.9 Å². The Morgan fingerprint density at radius 2 is 2.12 bits per heavy atom. The van der Waals surface area contributed by atoms with E-state index in [9.17, 15) is 4.79 Å². The molecule has 0 saturated heterocycles. The smallest absolute Gasteiger partial charge is 0.264 e. The van der Waals surface area contributed by atoms with Crippen molar-refractivity contribution in [2.24, 2.45) is 0 Å². The fraction of sp³-hybridized carbons (Fsp3) is 0.421. The summed E-state index contributed by atoms with van der Waals surface area (Å²) in [7, 11) is 0. The predicted molar refractivity (Wildman–Crippen MR) is 96.2 cm³/mol. The van der Waals surface area contributed by atoms with Crippen molar-refractivity contribution >= 4 is 11.7 Å². The number of para-hydroxylation sites is 1.